The maximum absolute atomic E-state index is 10.4. The zero-order chi connectivity index (χ0) is 5.98. The Morgan fingerprint density at radius 1 is 2.00 bits per heavy atom. The van der Waals surface area contributed by atoms with Crippen molar-refractivity contribution in [3.8, 4) is 0 Å². The van der Waals surface area contributed by atoms with E-state index in [9.17, 15) is 4.79 Å². The minimum atomic E-state index is 0.0583. The molecular weight excluding hydrogens is 128 g/mol. The summed E-state index contributed by atoms with van der Waals surface area (Å²) in [5.74, 6) is 4.94. The summed E-state index contributed by atoms with van der Waals surface area (Å²) in [5.41, 5.74) is 4.93. The van der Waals surface area contributed by atoms with Gasteiger partial charge in [-0.2, -0.15) is 5.53 Å². The quantitative estimate of drug-likeness (QED) is 0.227. The van der Waals surface area contributed by atoms with Gasteiger partial charge in [-0.3, -0.25) is 10.6 Å². The molecule has 46 valence electrons. The van der Waals surface area contributed by atoms with Gasteiger partial charge in [-0.1, -0.05) is 4.52 Å². The Bertz CT molecular complexity index is 106. The molecule has 1 aliphatic rings. The molecule has 1 aliphatic heterocycles. The minimum absolute atomic E-state index is 0.0583. The van der Waals surface area contributed by atoms with Crippen LogP contribution in [0.15, 0.2) is 0 Å². The first kappa shape index (κ1) is 5.99. The molecule has 0 aromatic rings. The SMILES string of the molecule is NNN1NCC(=O)S1. The molecule has 5 nitrogen and oxygen atoms in total. The average Bonchev–Trinajstić information content (AvgIpc) is 2.14. The molecule has 0 aromatic heterocycles. The van der Waals surface area contributed by atoms with E-state index >= 15 is 0 Å². The summed E-state index contributed by atoms with van der Waals surface area (Å²) >= 11 is 1.01. The smallest absolute Gasteiger partial charge is 0.221 e. The predicted octanol–water partition coefficient (Wildman–Crippen LogP) is -1.64. The number of hydrogen-bond acceptors (Lipinski definition) is 6. The fourth-order valence-corrected chi connectivity index (χ4v) is 0.889. The van der Waals surface area contributed by atoms with Crippen LogP contribution in [0, 0.1) is 0 Å². The van der Waals surface area contributed by atoms with Gasteiger partial charge in [-0.15, -0.1) is 0 Å². The maximum atomic E-state index is 10.4. The number of nitrogens with zero attached hydrogens (tertiary/aromatic N) is 1. The van der Waals surface area contributed by atoms with Crippen molar-refractivity contribution in [2.24, 2.45) is 5.84 Å². The molecule has 6 heteroatoms. The molecule has 0 radical (unpaired) electrons. The van der Waals surface area contributed by atoms with Crippen LogP contribution in [0.3, 0.4) is 0 Å². The second-order valence-electron chi connectivity index (χ2n) is 1.22. The van der Waals surface area contributed by atoms with Crippen LogP contribution in [-0.2, 0) is 4.79 Å². The Morgan fingerprint density at radius 3 is 3.00 bits per heavy atom. The third-order valence-electron chi connectivity index (χ3n) is 0.677. The molecule has 0 spiro atoms. The third kappa shape index (κ3) is 1.17. The molecule has 1 rings (SSSR count). The van der Waals surface area contributed by atoms with Crippen LogP contribution >= 0.6 is 11.9 Å². The molecule has 1 fully saturated rings. The van der Waals surface area contributed by atoms with Gasteiger partial charge in [0.05, 0.1) is 6.54 Å². The van der Waals surface area contributed by atoms with E-state index in [1.165, 1.54) is 4.52 Å². The van der Waals surface area contributed by atoms with Crippen LogP contribution in [0.4, 0.5) is 0 Å². The molecule has 4 N–H and O–H groups in total. The van der Waals surface area contributed by atoms with Crippen LogP contribution in [-0.4, -0.2) is 16.2 Å². The van der Waals surface area contributed by atoms with Crippen molar-refractivity contribution in [2.75, 3.05) is 6.54 Å². The summed E-state index contributed by atoms with van der Waals surface area (Å²) in [7, 11) is 0. The largest absolute Gasteiger partial charge is 0.284 e. The highest BCUT2D eigenvalue weighted by molar-refractivity contribution is 8.11. The van der Waals surface area contributed by atoms with E-state index in [2.05, 4.69) is 11.0 Å². The first-order valence-corrected chi connectivity index (χ1v) is 2.81. The van der Waals surface area contributed by atoms with Crippen molar-refractivity contribution < 1.29 is 4.79 Å². The first-order chi connectivity index (χ1) is 3.83. The second kappa shape index (κ2) is 2.42. The number of carbonyl (C=O) groups is 1. The van der Waals surface area contributed by atoms with Crippen LogP contribution in [0.5, 0.6) is 0 Å². The van der Waals surface area contributed by atoms with Crippen molar-refractivity contribution in [2.45, 2.75) is 0 Å². The lowest BCUT2D eigenvalue weighted by Gasteiger charge is -2.07. The molecular formula is C2H6N4OS. The minimum Gasteiger partial charge on any atom is -0.284 e. The molecule has 0 amide bonds. The molecule has 0 aromatic carbocycles. The standard InChI is InChI=1S/C2H6N4OS/c3-5-6-4-1-2(7)8-6/h4-5H,1,3H2. The monoisotopic (exact) mass is 134 g/mol. The van der Waals surface area contributed by atoms with Gasteiger partial charge in [-0.05, 0) is 0 Å². The second-order valence-corrected chi connectivity index (χ2v) is 2.22. The molecule has 8 heavy (non-hydrogen) atoms. The number of hydrazine groups is 3. The van der Waals surface area contributed by atoms with Gasteiger partial charge in [-0.25, -0.2) is 5.43 Å². The Kier molecular flexibility index (Phi) is 1.81. The van der Waals surface area contributed by atoms with E-state index < -0.39 is 0 Å². The van der Waals surface area contributed by atoms with Crippen LogP contribution in [0.25, 0.3) is 0 Å². The molecule has 0 aliphatic carbocycles. The van der Waals surface area contributed by atoms with Crippen molar-refractivity contribution >= 4 is 17.1 Å². The van der Waals surface area contributed by atoms with E-state index in [0.717, 1.165) is 11.9 Å². The molecule has 0 bridgehead atoms. The van der Waals surface area contributed by atoms with E-state index in [1.807, 2.05) is 0 Å². The number of hydrogen-bond donors (Lipinski definition) is 3. The fourth-order valence-electron chi connectivity index (χ4n) is 0.375. The highest BCUT2D eigenvalue weighted by atomic mass is 32.2. The Labute approximate surface area is 50.6 Å². The lowest BCUT2D eigenvalue weighted by Crippen LogP contribution is -2.43. The highest BCUT2D eigenvalue weighted by Gasteiger charge is 2.17. The molecule has 1 heterocycles. The molecule has 0 unspecified atom stereocenters. The zero-order valence-corrected chi connectivity index (χ0v) is 4.86. The van der Waals surface area contributed by atoms with Crippen molar-refractivity contribution in [3.05, 3.63) is 0 Å². The predicted molar refractivity (Wildman–Crippen MR) is 29.8 cm³/mol. The van der Waals surface area contributed by atoms with E-state index in [0.29, 0.717) is 6.54 Å². The summed E-state index contributed by atoms with van der Waals surface area (Å²) in [6.07, 6.45) is 0. The summed E-state index contributed by atoms with van der Waals surface area (Å²) < 4.78 is 1.35. The Balaban J connectivity index is 2.32. The van der Waals surface area contributed by atoms with Gasteiger partial charge < -0.3 is 0 Å². The van der Waals surface area contributed by atoms with Gasteiger partial charge >= 0.3 is 0 Å². The van der Waals surface area contributed by atoms with Crippen LogP contribution in [0.2, 0.25) is 0 Å². The Hall–Kier alpha value is -0.140. The fraction of sp³-hybridized carbons (Fsp3) is 0.500. The molecule has 0 saturated carbocycles. The summed E-state index contributed by atoms with van der Waals surface area (Å²) in [5, 5.41) is 0.0583. The number of nitrogens with one attached hydrogen (secondary N) is 2. The summed E-state index contributed by atoms with van der Waals surface area (Å²) in [4.78, 5) is 10.4. The maximum Gasteiger partial charge on any atom is 0.221 e. The van der Waals surface area contributed by atoms with Crippen LogP contribution < -0.4 is 16.8 Å². The summed E-state index contributed by atoms with van der Waals surface area (Å²) in [6, 6.07) is 0. The first-order valence-electron chi connectivity index (χ1n) is 2.03. The van der Waals surface area contributed by atoms with E-state index in [1.54, 1.807) is 0 Å². The van der Waals surface area contributed by atoms with Crippen molar-refractivity contribution in [1.29, 1.82) is 0 Å². The molecule has 0 atom stereocenters. The third-order valence-corrected chi connectivity index (χ3v) is 1.44. The number of nitrogens with two attached hydrogens (primary N) is 1. The lowest BCUT2D eigenvalue weighted by molar-refractivity contribution is -0.109. The normalized spacial score (nSPS) is 22.4. The topological polar surface area (TPSA) is 70.4 Å². The van der Waals surface area contributed by atoms with Gasteiger partial charge in [0.25, 0.3) is 0 Å². The van der Waals surface area contributed by atoms with Gasteiger partial charge in [0, 0.05) is 11.9 Å². The average molecular weight is 134 g/mol. The van der Waals surface area contributed by atoms with Crippen LogP contribution in [0.1, 0.15) is 0 Å². The lowest BCUT2D eigenvalue weighted by atomic mass is 10.8. The molecule has 1 saturated heterocycles. The van der Waals surface area contributed by atoms with Crippen molar-refractivity contribution in [1.82, 2.24) is 15.5 Å². The zero-order valence-electron chi connectivity index (χ0n) is 4.05. The van der Waals surface area contributed by atoms with E-state index in [4.69, 9.17) is 5.84 Å². The highest BCUT2D eigenvalue weighted by Crippen LogP contribution is 2.08. The van der Waals surface area contributed by atoms with Crippen molar-refractivity contribution in [3.63, 3.8) is 0 Å². The summed E-state index contributed by atoms with van der Waals surface area (Å²) in [6.45, 7) is 0.342. The van der Waals surface area contributed by atoms with Gasteiger partial charge in [0.1, 0.15) is 0 Å². The number of carbonyl (C=O) groups excluding carboxylic acids is 1. The Morgan fingerprint density at radius 2 is 2.75 bits per heavy atom. The number of rotatable bonds is 1. The van der Waals surface area contributed by atoms with Gasteiger partial charge in [0.2, 0.25) is 5.12 Å². The van der Waals surface area contributed by atoms with E-state index in [-0.39, 0.29) is 5.12 Å². The van der Waals surface area contributed by atoms with Gasteiger partial charge in [0.15, 0.2) is 0 Å².